The number of nitrogens with one attached hydrogen (secondary N) is 1. The normalized spacial score (nSPS) is 14.4. The molecule has 0 aliphatic carbocycles. The molecule has 3 aromatic carbocycles. The number of benzene rings is 3. The molecule has 3 amide bonds. The smallest absolute Gasteiger partial charge is 0.313 e. The zero-order valence-electron chi connectivity index (χ0n) is 18.6. The van der Waals surface area contributed by atoms with Crippen LogP contribution in [0.3, 0.4) is 0 Å². The lowest BCUT2D eigenvalue weighted by Crippen LogP contribution is -2.56. The summed E-state index contributed by atoms with van der Waals surface area (Å²) in [5.74, 6) is -0.940. The van der Waals surface area contributed by atoms with Gasteiger partial charge in [0.2, 0.25) is 0 Å². The first-order valence-electron chi connectivity index (χ1n) is 11.0. The Morgan fingerprint density at radius 3 is 2.60 bits per heavy atom. The van der Waals surface area contributed by atoms with Crippen LogP contribution in [0.1, 0.15) is 21.5 Å². The van der Waals surface area contributed by atoms with Gasteiger partial charge in [-0.2, -0.15) is 0 Å². The molecule has 1 aliphatic rings. The van der Waals surface area contributed by atoms with Crippen LogP contribution in [0.15, 0.2) is 79.0 Å². The van der Waals surface area contributed by atoms with E-state index in [9.17, 15) is 18.8 Å². The summed E-state index contributed by atoms with van der Waals surface area (Å²) in [7, 11) is 0. The number of halogens is 1. The summed E-state index contributed by atoms with van der Waals surface area (Å²) in [6.45, 7) is 0.0218. The van der Waals surface area contributed by atoms with E-state index in [2.05, 4.69) is 10.3 Å². The van der Waals surface area contributed by atoms with Crippen LogP contribution < -0.4 is 11.1 Å². The number of amides is 3. The van der Waals surface area contributed by atoms with Crippen LogP contribution in [0.5, 0.6) is 0 Å². The van der Waals surface area contributed by atoms with Crippen LogP contribution in [0.4, 0.5) is 9.18 Å². The van der Waals surface area contributed by atoms with Gasteiger partial charge >= 0.3 is 6.03 Å². The summed E-state index contributed by atoms with van der Waals surface area (Å²) in [5.41, 5.74) is 7.80. The van der Waals surface area contributed by atoms with E-state index in [0.717, 1.165) is 22.0 Å². The molecule has 8 heteroatoms. The maximum Gasteiger partial charge on any atom is 0.313 e. The molecule has 35 heavy (non-hydrogen) atoms. The van der Waals surface area contributed by atoms with E-state index in [-0.39, 0.29) is 18.7 Å². The van der Waals surface area contributed by atoms with Crippen molar-refractivity contribution in [3.8, 4) is 11.1 Å². The number of para-hydroxylation sites is 1. The Hall–Kier alpha value is -4.59. The molecule has 0 spiro atoms. The third-order valence-electron chi connectivity index (χ3n) is 6.28. The van der Waals surface area contributed by atoms with Gasteiger partial charge in [0, 0.05) is 29.3 Å². The van der Waals surface area contributed by atoms with Crippen LogP contribution in [0, 0.1) is 5.82 Å². The topological polar surface area (TPSA) is 105 Å². The number of nitrogens with two attached hydrogens (primary N) is 1. The molecule has 0 bridgehead atoms. The highest BCUT2D eigenvalue weighted by Crippen LogP contribution is 2.31. The summed E-state index contributed by atoms with van der Waals surface area (Å²) in [4.78, 5) is 43.1. The van der Waals surface area contributed by atoms with Gasteiger partial charge in [-0.15, -0.1) is 0 Å². The minimum atomic E-state index is -1.59. The average Bonchev–Trinajstić information content (AvgIpc) is 3.17. The van der Waals surface area contributed by atoms with Gasteiger partial charge in [0.1, 0.15) is 11.4 Å². The first kappa shape index (κ1) is 22.2. The Bertz CT molecular complexity index is 1470. The molecule has 0 saturated carbocycles. The number of urea groups is 1. The van der Waals surface area contributed by atoms with Crippen LogP contribution in [-0.4, -0.2) is 34.7 Å². The Kier molecular flexibility index (Phi) is 5.49. The summed E-state index contributed by atoms with van der Waals surface area (Å²) >= 11 is 0. The predicted octanol–water partition coefficient (Wildman–Crippen LogP) is 3.76. The maximum atomic E-state index is 13.7. The standard InChI is InChI=1S/C27H21FN4O3/c28-21-11-8-19-14-32(25(34)23(19)13-21)15-27(16-33,31-26(29)35)20-9-6-17(7-10-20)22-5-1-3-18-4-2-12-30-24(18)22/h1-13,16H,14-15H2,(H3,29,31,35)/t27-/m0/s1. The summed E-state index contributed by atoms with van der Waals surface area (Å²) in [6, 6.07) is 19.9. The van der Waals surface area contributed by atoms with Crippen molar-refractivity contribution in [3.05, 3.63) is 102 Å². The second-order valence-electron chi connectivity index (χ2n) is 8.50. The number of fused-ring (bicyclic) bond motifs is 2. The number of hydrogen-bond donors (Lipinski definition) is 2. The van der Waals surface area contributed by atoms with Crippen LogP contribution in [0.2, 0.25) is 0 Å². The molecular formula is C27H21FN4O3. The molecule has 1 aliphatic heterocycles. The van der Waals surface area contributed by atoms with Crippen molar-refractivity contribution in [1.82, 2.24) is 15.2 Å². The van der Waals surface area contributed by atoms with E-state index in [1.165, 1.54) is 17.0 Å². The number of carbonyl (C=O) groups excluding carboxylic acids is 3. The Balaban J connectivity index is 1.50. The predicted molar refractivity (Wildman–Crippen MR) is 129 cm³/mol. The van der Waals surface area contributed by atoms with Gasteiger partial charge in [-0.05, 0) is 34.9 Å². The van der Waals surface area contributed by atoms with Gasteiger partial charge in [-0.3, -0.25) is 9.78 Å². The molecule has 0 unspecified atom stereocenters. The van der Waals surface area contributed by atoms with E-state index < -0.39 is 23.3 Å². The highest BCUT2D eigenvalue weighted by molar-refractivity contribution is 5.99. The molecule has 0 saturated heterocycles. The summed E-state index contributed by atoms with van der Waals surface area (Å²) < 4.78 is 13.7. The maximum absolute atomic E-state index is 13.7. The largest absolute Gasteiger partial charge is 0.352 e. The molecule has 4 aromatic rings. The van der Waals surface area contributed by atoms with Crippen molar-refractivity contribution in [1.29, 1.82) is 0 Å². The molecule has 2 heterocycles. The highest BCUT2D eigenvalue weighted by atomic mass is 19.1. The lowest BCUT2D eigenvalue weighted by molar-refractivity contribution is -0.113. The summed E-state index contributed by atoms with van der Waals surface area (Å²) in [5, 5.41) is 3.52. The van der Waals surface area contributed by atoms with Crippen molar-refractivity contribution in [2.45, 2.75) is 12.1 Å². The first-order chi connectivity index (χ1) is 16.9. The van der Waals surface area contributed by atoms with Crippen LogP contribution in [0.25, 0.3) is 22.0 Å². The van der Waals surface area contributed by atoms with Gasteiger partial charge in [-0.25, -0.2) is 9.18 Å². The minimum Gasteiger partial charge on any atom is -0.352 e. The van der Waals surface area contributed by atoms with E-state index in [0.29, 0.717) is 17.4 Å². The molecule has 0 radical (unpaired) electrons. The zero-order chi connectivity index (χ0) is 24.6. The molecule has 0 fully saturated rings. The lowest BCUT2D eigenvalue weighted by Gasteiger charge is -2.33. The van der Waals surface area contributed by atoms with Crippen molar-refractivity contribution in [2.75, 3.05) is 6.54 Å². The Morgan fingerprint density at radius 2 is 1.86 bits per heavy atom. The Morgan fingerprint density at radius 1 is 1.09 bits per heavy atom. The first-order valence-corrected chi connectivity index (χ1v) is 11.0. The molecule has 5 rings (SSSR count). The van der Waals surface area contributed by atoms with E-state index in [1.54, 1.807) is 24.4 Å². The number of carbonyl (C=O) groups is 3. The van der Waals surface area contributed by atoms with Crippen LogP contribution >= 0.6 is 0 Å². The van der Waals surface area contributed by atoms with Gasteiger partial charge in [0.15, 0.2) is 6.29 Å². The second kappa shape index (κ2) is 8.64. The van der Waals surface area contributed by atoms with Crippen molar-refractivity contribution in [3.63, 3.8) is 0 Å². The van der Waals surface area contributed by atoms with E-state index in [4.69, 9.17) is 5.73 Å². The van der Waals surface area contributed by atoms with Crippen molar-refractivity contribution in [2.24, 2.45) is 5.73 Å². The molecule has 7 nitrogen and oxygen atoms in total. The van der Waals surface area contributed by atoms with Crippen LogP contribution in [-0.2, 0) is 16.9 Å². The molecule has 174 valence electrons. The van der Waals surface area contributed by atoms with Gasteiger partial charge in [0.05, 0.1) is 12.1 Å². The number of pyridine rings is 1. The number of hydrogen-bond acceptors (Lipinski definition) is 4. The van der Waals surface area contributed by atoms with Gasteiger partial charge < -0.3 is 20.7 Å². The average molecular weight is 468 g/mol. The van der Waals surface area contributed by atoms with E-state index in [1.807, 2.05) is 42.5 Å². The fourth-order valence-electron chi connectivity index (χ4n) is 4.60. The SMILES string of the molecule is NC(=O)N[C@](C=O)(CN1Cc2ccc(F)cc2C1=O)c1ccc(-c2cccc3cccnc23)cc1. The fourth-order valence-corrected chi connectivity index (χ4v) is 4.60. The fraction of sp³-hybridized carbons (Fsp3) is 0.111. The molecule has 1 atom stereocenters. The summed E-state index contributed by atoms with van der Waals surface area (Å²) in [6.07, 6.45) is 2.30. The lowest BCUT2D eigenvalue weighted by atomic mass is 9.89. The molecular weight excluding hydrogens is 447 g/mol. The minimum absolute atomic E-state index is 0.163. The van der Waals surface area contributed by atoms with Gasteiger partial charge in [-0.1, -0.05) is 54.6 Å². The monoisotopic (exact) mass is 468 g/mol. The van der Waals surface area contributed by atoms with E-state index >= 15 is 0 Å². The van der Waals surface area contributed by atoms with Crippen molar-refractivity contribution < 1.29 is 18.8 Å². The second-order valence-corrected chi connectivity index (χ2v) is 8.50. The zero-order valence-corrected chi connectivity index (χ0v) is 18.6. The number of nitrogens with zero attached hydrogens (tertiary/aromatic N) is 2. The van der Waals surface area contributed by atoms with Crippen molar-refractivity contribution >= 4 is 29.1 Å². The quantitative estimate of drug-likeness (QED) is 0.420. The third kappa shape index (κ3) is 3.99. The molecule has 3 N–H and O–H groups in total. The third-order valence-corrected chi connectivity index (χ3v) is 6.28. The Labute approximate surface area is 200 Å². The number of aromatic nitrogens is 1. The highest BCUT2D eigenvalue weighted by Gasteiger charge is 2.40. The molecule has 1 aromatic heterocycles. The number of rotatable bonds is 6. The number of primary amides is 1. The number of aldehydes is 1. The van der Waals surface area contributed by atoms with Gasteiger partial charge in [0.25, 0.3) is 5.91 Å².